The minimum Gasteiger partial charge on any atom is -0.488 e. The third-order valence-electron chi connectivity index (χ3n) is 5.70. The van der Waals surface area contributed by atoms with Gasteiger partial charge in [0.2, 0.25) is 5.91 Å². The van der Waals surface area contributed by atoms with Crippen LogP contribution in [0.1, 0.15) is 27.8 Å². The number of hydrogen-bond acceptors (Lipinski definition) is 5. The van der Waals surface area contributed by atoms with Crippen molar-refractivity contribution >= 4 is 28.6 Å². The van der Waals surface area contributed by atoms with E-state index < -0.39 is 4.92 Å². The van der Waals surface area contributed by atoms with Gasteiger partial charge in [-0.1, -0.05) is 54.1 Å². The van der Waals surface area contributed by atoms with Crippen LogP contribution < -0.4 is 10.2 Å². The summed E-state index contributed by atoms with van der Waals surface area (Å²) in [4.78, 5) is 22.9. The molecule has 4 rings (SSSR count). The molecule has 176 valence electrons. The van der Waals surface area contributed by atoms with Gasteiger partial charge in [-0.15, -0.1) is 0 Å². The van der Waals surface area contributed by atoms with Crippen LogP contribution in [0.2, 0.25) is 0 Å². The fourth-order valence-electron chi connectivity index (χ4n) is 3.84. The second kappa shape index (κ2) is 10.6. The maximum atomic E-state index is 12.5. The number of aryl methyl sites for hydroxylation is 2. The smallest absolute Gasteiger partial charge is 0.269 e. The molecule has 0 aliphatic rings. The fourth-order valence-corrected chi connectivity index (χ4v) is 3.84. The molecule has 0 heterocycles. The first kappa shape index (κ1) is 23.6. The number of hydrazone groups is 1. The van der Waals surface area contributed by atoms with Crippen molar-refractivity contribution in [3.63, 3.8) is 0 Å². The Bertz CT molecular complexity index is 1410. The number of carbonyl (C=O) groups is 1. The molecule has 1 amide bonds. The number of nitro benzene ring substituents is 1. The lowest BCUT2D eigenvalue weighted by Crippen LogP contribution is -2.20. The first-order chi connectivity index (χ1) is 16.9. The van der Waals surface area contributed by atoms with Gasteiger partial charge in [-0.25, -0.2) is 5.43 Å². The number of benzene rings is 4. The number of carbonyl (C=O) groups excluding carboxylic acids is 1. The highest BCUT2D eigenvalue weighted by atomic mass is 16.6. The van der Waals surface area contributed by atoms with Crippen molar-refractivity contribution < 1.29 is 14.5 Å². The molecule has 0 unspecified atom stereocenters. The number of nitro groups is 1. The zero-order valence-corrected chi connectivity index (χ0v) is 19.5. The highest BCUT2D eigenvalue weighted by Gasteiger charge is 2.10. The van der Waals surface area contributed by atoms with E-state index in [9.17, 15) is 14.9 Å². The minimum atomic E-state index is -0.434. The van der Waals surface area contributed by atoms with E-state index in [4.69, 9.17) is 4.74 Å². The van der Waals surface area contributed by atoms with Gasteiger partial charge in [-0.3, -0.25) is 14.9 Å². The predicted molar refractivity (Wildman–Crippen MR) is 137 cm³/mol. The van der Waals surface area contributed by atoms with Crippen LogP contribution in [0, 0.1) is 24.0 Å². The van der Waals surface area contributed by atoms with E-state index in [1.165, 1.54) is 12.1 Å². The van der Waals surface area contributed by atoms with Gasteiger partial charge >= 0.3 is 0 Å². The molecule has 7 heteroatoms. The maximum Gasteiger partial charge on any atom is 0.269 e. The van der Waals surface area contributed by atoms with E-state index in [1.54, 1.807) is 18.3 Å². The second-order valence-electron chi connectivity index (χ2n) is 8.31. The van der Waals surface area contributed by atoms with Crippen LogP contribution in [0.4, 0.5) is 5.69 Å². The first-order valence-corrected chi connectivity index (χ1v) is 11.2. The van der Waals surface area contributed by atoms with E-state index >= 15 is 0 Å². The molecule has 0 aliphatic heterocycles. The summed E-state index contributed by atoms with van der Waals surface area (Å²) in [6.07, 6.45) is 1.83. The molecule has 0 radical (unpaired) electrons. The Kier molecular flexibility index (Phi) is 7.16. The highest BCUT2D eigenvalue weighted by molar-refractivity contribution is 6.02. The van der Waals surface area contributed by atoms with E-state index in [-0.39, 0.29) is 24.6 Å². The molecule has 35 heavy (non-hydrogen) atoms. The minimum absolute atomic E-state index is 0.0313. The van der Waals surface area contributed by atoms with Crippen LogP contribution >= 0.6 is 0 Å². The average Bonchev–Trinajstić information content (AvgIpc) is 2.85. The van der Waals surface area contributed by atoms with E-state index in [2.05, 4.69) is 16.6 Å². The van der Waals surface area contributed by atoms with Crippen molar-refractivity contribution in [2.24, 2.45) is 5.10 Å². The topological polar surface area (TPSA) is 93.8 Å². The number of nitrogens with zero attached hydrogens (tertiary/aromatic N) is 2. The summed E-state index contributed by atoms with van der Waals surface area (Å²) in [6, 6.07) is 23.9. The van der Waals surface area contributed by atoms with Crippen molar-refractivity contribution in [3.05, 3.63) is 117 Å². The average molecular weight is 468 g/mol. The largest absolute Gasteiger partial charge is 0.488 e. The summed E-state index contributed by atoms with van der Waals surface area (Å²) >= 11 is 0. The molecule has 0 saturated carbocycles. The normalized spacial score (nSPS) is 11.0. The molecule has 4 aromatic carbocycles. The molecule has 7 nitrogen and oxygen atoms in total. The molecule has 0 bridgehead atoms. The second-order valence-corrected chi connectivity index (χ2v) is 8.31. The lowest BCUT2D eigenvalue weighted by molar-refractivity contribution is -0.384. The fraction of sp³-hybridized carbons (Fsp3) is 0.143. The van der Waals surface area contributed by atoms with Crippen molar-refractivity contribution in [2.45, 2.75) is 26.9 Å². The number of amides is 1. The summed E-state index contributed by atoms with van der Waals surface area (Å²) in [5.41, 5.74) is 7.36. The molecule has 0 aromatic heterocycles. The van der Waals surface area contributed by atoms with Gasteiger partial charge in [0.15, 0.2) is 0 Å². The van der Waals surface area contributed by atoms with Gasteiger partial charge in [-0.05, 0) is 59.5 Å². The standard InChI is InChI=1S/C28H25N3O4/c1-19-7-10-23(20(2)15-19)16-28(32)30-29-17-26-25-6-4-3-5-22(25)11-14-27(26)35-18-21-8-12-24(13-9-21)31(33)34/h3-15,17H,16,18H2,1-2H3,(H,30,32)/b29-17+. The number of fused-ring (bicyclic) bond motifs is 1. The summed E-state index contributed by atoms with van der Waals surface area (Å²) in [6.45, 7) is 4.24. The quantitative estimate of drug-likeness (QED) is 0.206. The number of ether oxygens (including phenoxy) is 1. The summed E-state index contributed by atoms with van der Waals surface area (Å²) < 4.78 is 6.04. The van der Waals surface area contributed by atoms with Gasteiger partial charge in [-0.2, -0.15) is 5.10 Å². The zero-order chi connectivity index (χ0) is 24.8. The van der Waals surface area contributed by atoms with Crippen LogP contribution in [0.15, 0.2) is 84.0 Å². The molecule has 0 spiro atoms. The van der Waals surface area contributed by atoms with Crippen molar-refractivity contribution in [1.29, 1.82) is 0 Å². The van der Waals surface area contributed by atoms with Crippen LogP contribution in [0.25, 0.3) is 10.8 Å². The lowest BCUT2D eigenvalue weighted by atomic mass is 10.0. The van der Waals surface area contributed by atoms with Gasteiger partial charge in [0.1, 0.15) is 12.4 Å². The monoisotopic (exact) mass is 467 g/mol. The van der Waals surface area contributed by atoms with Gasteiger partial charge in [0.25, 0.3) is 5.69 Å². The van der Waals surface area contributed by atoms with Crippen LogP contribution in [-0.2, 0) is 17.8 Å². The maximum absolute atomic E-state index is 12.5. The van der Waals surface area contributed by atoms with Crippen molar-refractivity contribution in [3.8, 4) is 5.75 Å². The summed E-state index contributed by atoms with van der Waals surface area (Å²) in [7, 11) is 0. The Balaban J connectivity index is 1.51. The first-order valence-electron chi connectivity index (χ1n) is 11.2. The molecular weight excluding hydrogens is 442 g/mol. The Morgan fingerprint density at radius 1 is 1.03 bits per heavy atom. The van der Waals surface area contributed by atoms with Crippen molar-refractivity contribution in [1.82, 2.24) is 5.43 Å². The molecule has 0 saturated heterocycles. The lowest BCUT2D eigenvalue weighted by Gasteiger charge is -2.12. The Labute approximate surface area is 203 Å². The van der Waals surface area contributed by atoms with Crippen LogP contribution in [0.5, 0.6) is 5.75 Å². The zero-order valence-electron chi connectivity index (χ0n) is 19.5. The molecule has 1 N–H and O–H groups in total. The molecular formula is C28H25N3O4. The number of non-ortho nitro benzene ring substituents is 1. The third kappa shape index (κ3) is 5.89. The van der Waals surface area contributed by atoms with E-state index in [0.29, 0.717) is 5.75 Å². The number of hydrogen-bond donors (Lipinski definition) is 1. The molecule has 0 atom stereocenters. The van der Waals surface area contributed by atoms with Crippen LogP contribution in [0.3, 0.4) is 0 Å². The van der Waals surface area contributed by atoms with Gasteiger partial charge < -0.3 is 4.74 Å². The summed E-state index contributed by atoms with van der Waals surface area (Å²) in [5.74, 6) is 0.385. The molecule has 0 fully saturated rings. The Hall–Kier alpha value is -4.52. The SMILES string of the molecule is Cc1ccc(CC(=O)N/N=C/c2c(OCc3ccc([N+](=O)[O-])cc3)ccc3ccccc23)c(C)c1. The van der Waals surface area contributed by atoms with Gasteiger partial charge in [0, 0.05) is 17.7 Å². The van der Waals surface area contributed by atoms with Gasteiger partial charge in [0.05, 0.1) is 17.6 Å². The molecule has 0 aliphatic carbocycles. The predicted octanol–water partition coefficient (Wildman–Crippen LogP) is 5.64. The highest BCUT2D eigenvalue weighted by Crippen LogP contribution is 2.27. The Morgan fingerprint density at radius 2 is 1.80 bits per heavy atom. The van der Waals surface area contributed by atoms with E-state index in [1.807, 2.05) is 62.4 Å². The van der Waals surface area contributed by atoms with Crippen LogP contribution in [-0.4, -0.2) is 17.0 Å². The Morgan fingerprint density at radius 3 is 2.54 bits per heavy atom. The third-order valence-corrected chi connectivity index (χ3v) is 5.70. The van der Waals surface area contributed by atoms with E-state index in [0.717, 1.165) is 38.6 Å². The number of rotatable bonds is 8. The summed E-state index contributed by atoms with van der Waals surface area (Å²) in [5, 5.41) is 17.0. The number of nitrogens with one attached hydrogen (secondary N) is 1. The molecule has 4 aromatic rings. The van der Waals surface area contributed by atoms with Crippen molar-refractivity contribution in [2.75, 3.05) is 0 Å².